The third kappa shape index (κ3) is 3.98. The molecular formula is C23H32N6O3. The number of aryl methyl sites for hydroxylation is 1. The van der Waals surface area contributed by atoms with Gasteiger partial charge in [-0.05, 0) is 30.9 Å². The largest absolute Gasteiger partial charge is 0.362 e. The standard InChI is InChI=1S/C23H32N6O3/c1-5-16-6-8-17(9-7-16)18-14-19(25-24-18)21(30)29-12-10-28(11-13-29)20-15(2)26(3)23(32)27(4)22(20)31/h6-9,18-19,24-25H,5,10-14H2,1-4H3. The van der Waals surface area contributed by atoms with Crippen LogP contribution in [0, 0.1) is 6.92 Å². The molecule has 2 N–H and O–H groups in total. The fourth-order valence-corrected chi connectivity index (χ4v) is 4.59. The second kappa shape index (κ2) is 8.91. The van der Waals surface area contributed by atoms with Gasteiger partial charge in [0.1, 0.15) is 11.7 Å². The van der Waals surface area contributed by atoms with Crippen LogP contribution in [0.4, 0.5) is 5.69 Å². The number of nitrogens with zero attached hydrogens (tertiary/aromatic N) is 4. The number of rotatable bonds is 4. The molecule has 0 bridgehead atoms. The summed E-state index contributed by atoms with van der Waals surface area (Å²) < 4.78 is 2.64. The van der Waals surface area contributed by atoms with Crippen molar-refractivity contribution in [3.05, 3.63) is 61.9 Å². The summed E-state index contributed by atoms with van der Waals surface area (Å²) in [5.41, 5.74) is 9.48. The van der Waals surface area contributed by atoms with E-state index in [4.69, 9.17) is 0 Å². The molecule has 0 spiro atoms. The average Bonchev–Trinajstić information content (AvgIpc) is 3.32. The van der Waals surface area contributed by atoms with E-state index in [0.29, 0.717) is 44.0 Å². The lowest BCUT2D eigenvalue weighted by Gasteiger charge is -2.37. The number of benzene rings is 1. The van der Waals surface area contributed by atoms with E-state index in [-0.39, 0.29) is 29.2 Å². The highest BCUT2D eigenvalue weighted by Crippen LogP contribution is 2.24. The Labute approximate surface area is 187 Å². The van der Waals surface area contributed by atoms with Crippen molar-refractivity contribution < 1.29 is 4.79 Å². The summed E-state index contributed by atoms with van der Waals surface area (Å²) in [6.07, 6.45) is 1.71. The third-order valence-corrected chi connectivity index (χ3v) is 6.83. The van der Waals surface area contributed by atoms with Gasteiger partial charge in [-0.2, -0.15) is 0 Å². The summed E-state index contributed by atoms with van der Waals surface area (Å²) in [6, 6.07) is 8.35. The van der Waals surface area contributed by atoms with Gasteiger partial charge in [0, 0.05) is 52.0 Å². The number of aromatic nitrogens is 2. The summed E-state index contributed by atoms with van der Waals surface area (Å²) in [5, 5.41) is 0. The molecule has 32 heavy (non-hydrogen) atoms. The van der Waals surface area contributed by atoms with Crippen molar-refractivity contribution >= 4 is 11.6 Å². The highest BCUT2D eigenvalue weighted by Gasteiger charge is 2.34. The van der Waals surface area contributed by atoms with Gasteiger partial charge in [0.25, 0.3) is 5.56 Å². The minimum Gasteiger partial charge on any atom is -0.362 e. The third-order valence-electron chi connectivity index (χ3n) is 6.83. The molecule has 2 aromatic rings. The van der Waals surface area contributed by atoms with Crippen molar-refractivity contribution in [2.24, 2.45) is 14.1 Å². The molecule has 2 fully saturated rings. The van der Waals surface area contributed by atoms with E-state index in [0.717, 1.165) is 11.0 Å². The van der Waals surface area contributed by atoms with Crippen LogP contribution in [0.1, 0.15) is 36.2 Å². The SMILES string of the molecule is CCc1ccc(C2CC(C(=O)N3CCN(c4c(C)n(C)c(=O)n(C)c4=O)CC3)NN2)cc1. The predicted octanol–water partition coefficient (Wildman–Crippen LogP) is 0.211. The van der Waals surface area contributed by atoms with Crippen LogP contribution in [0.25, 0.3) is 0 Å². The molecular weight excluding hydrogens is 408 g/mol. The number of nitrogens with one attached hydrogen (secondary N) is 2. The summed E-state index contributed by atoms with van der Waals surface area (Å²) in [7, 11) is 3.17. The van der Waals surface area contributed by atoms with Gasteiger partial charge in [-0.3, -0.25) is 18.7 Å². The number of carbonyl (C=O) groups is 1. The molecule has 2 aliphatic heterocycles. The van der Waals surface area contributed by atoms with Crippen molar-refractivity contribution in [3.8, 4) is 0 Å². The maximum Gasteiger partial charge on any atom is 0.330 e. The monoisotopic (exact) mass is 440 g/mol. The lowest BCUT2D eigenvalue weighted by Crippen LogP contribution is -2.55. The normalized spacial score (nSPS) is 21.2. The number of carbonyl (C=O) groups excluding carboxylic acids is 1. The maximum absolute atomic E-state index is 13.1. The lowest BCUT2D eigenvalue weighted by molar-refractivity contribution is -0.133. The topological polar surface area (TPSA) is 91.6 Å². The summed E-state index contributed by atoms with van der Waals surface area (Å²) in [4.78, 5) is 41.8. The maximum atomic E-state index is 13.1. The Hall–Kier alpha value is -2.91. The van der Waals surface area contributed by atoms with Gasteiger partial charge in [0.2, 0.25) is 5.91 Å². The molecule has 2 saturated heterocycles. The van der Waals surface area contributed by atoms with E-state index in [2.05, 4.69) is 42.0 Å². The van der Waals surface area contributed by atoms with Crippen LogP contribution in [0.5, 0.6) is 0 Å². The Balaban J connectivity index is 1.39. The highest BCUT2D eigenvalue weighted by molar-refractivity contribution is 5.82. The zero-order chi connectivity index (χ0) is 23.0. The molecule has 4 rings (SSSR count). The van der Waals surface area contributed by atoms with Crippen molar-refractivity contribution in [1.82, 2.24) is 24.9 Å². The second-order valence-corrected chi connectivity index (χ2v) is 8.68. The van der Waals surface area contributed by atoms with E-state index < -0.39 is 0 Å². The molecule has 1 aromatic heterocycles. The van der Waals surface area contributed by atoms with Gasteiger partial charge in [0.05, 0.1) is 0 Å². The summed E-state index contributed by atoms with van der Waals surface area (Å²) in [6.45, 7) is 6.12. The Kier molecular flexibility index (Phi) is 6.21. The average molecular weight is 441 g/mol. The Morgan fingerprint density at radius 1 is 1.00 bits per heavy atom. The number of hydrazine groups is 1. The lowest BCUT2D eigenvalue weighted by atomic mass is 9.99. The molecule has 172 valence electrons. The van der Waals surface area contributed by atoms with Gasteiger partial charge in [-0.25, -0.2) is 15.6 Å². The van der Waals surface area contributed by atoms with Gasteiger partial charge in [0.15, 0.2) is 0 Å². The Bertz CT molecular complexity index is 1110. The second-order valence-electron chi connectivity index (χ2n) is 8.68. The van der Waals surface area contributed by atoms with Crippen molar-refractivity contribution in [3.63, 3.8) is 0 Å². The Morgan fingerprint density at radius 2 is 1.66 bits per heavy atom. The van der Waals surface area contributed by atoms with Crippen molar-refractivity contribution in [2.75, 3.05) is 31.1 Å². The van der Waals surface area contributed by atoms with Crippen LogP contribution in [0.3, 0.4) is 0 Å². The molecule has 1 aromatic carbocycles. The smallest absolute Gasteiger partial charge is 0.330 e. The molecule has 3 heterocycles. The molecule has 0 saturated carbocycles. The van der Waals surface area contributed by atoms with Crippen LogP contribution in [0.15, 0.2) is 33.9 Å². The highest BCUT2D eigenvalue weighted by atomic mass is 16.2. The zero-order valence-electron chi connectivity index (χ0n) is 19.2. The molecule has 1 amide bonds. The van der Waals surface area contributed by atoms with E-state index >= 15 is 0 Å². The van der Waals surface area contributed by atoms with Gasteiger partial charge in [-0.1, -0.05) is 31.2 Å². The van der Waals surface area contributed by atoms with Crippen LogP contribution in [-0.4, -0.2) is 52.2 Å². The van der Waals surface area contributed by atoms with Gasteiger partial charge < -0.3 is 9.80 Å². The fraction of sp³-hybridized carbons (Fsp3) is 0.522. The fourth-order valence-electron chi connectivity index (χ4n) is 4.59. The molecule has 2 unspecified atom stereocenters. The number of hydrogen-bond acceptors (Lipinski definition) is 6. The van der Waals surface area contributed by atoms with Gasteiger partial charge in [-0.15, -0.1) is 0 Å². The minimum absolute atomic E-state index is 0.0786. The summed E-state index contributed by atoms with van der Waals surface area (Å²) >= 11 is 0. The first-order chi connectivity index (χ1) is 15.3. The first-order valence-corrected chi connectivity index (χ1v) is 11.2. The van der Waals surface area contributed by atoms with E-state index in [9.17, 15) is 14.4 Å². The van der Waals surface area contributed by atoms with Crippen molar-refractivity contribution in [2.45, 2.75) is 38.8 Å². The van der Waals surface area contributed by atoms with E-state index in [1.165, 1.54) is 22.7 Å². The van der Waals surface area contributed by atoms with Crippen LogP contribution in [0.2, 0.25) is 0 Å². The number of hydrogen-bond donors (Lipinski definition) is 2. The molecule has 9 nitrogen and oxygen atoms in total. The Morgan fingerprint density at radius 3 is 2.28 bits per heavy atom. The first-order valence-electron chi connectivity index (χ1n) is 11.2. The number of anilines is 1. The minimum atomic E-state index is -0.330. The van der Waals surface area contributed by atoms with Crippen LogP contribution < -0.4 is 27.0 Å². The molecule has 2 atom stereocenters. The predicted molar refractivity (Wildman–Crippen MR) is 124 cm³/mol. The quantitative estimate of drug-likeness (QED) is 0.707. The molecule has 9 heteroatoms. The van der Waals surface area contributed by atoms with Crippen molar-refractivity contribution in [1.29, 1.82) is 0 Å². The molecule has 0 radical (unpaired) electrons. The number of amides is 1. The first kappa shape index (κ1) is 22.3. The molecule has 0 aliphatic carbocycles. The zero-order valence-corrected chi connectivity index (χ0v) is 19.2. The number of piperazine rings is 1. The van der Waals surface area contributed by atoms with Crippen LogP contribution in [-0.2, 0) is 25.3 Å². The van der Waals surface area contributed by atoms with Crippen LogP contribution >= 0.6 is 0 Å². The van der Waals surface area contributed by atoms with E-state index in [1.54, 1.807) is 14.0 Å². The van der Waals surface area contributed by atoms with Gasteiger partial charge >= 0.3 is 5.69 Å². The van der Waals surface area contributed by atoms with E-state index in [1.807, 2.05) is 9.80 Å². The summed E-state index contributed by atoms with van der Waals surface area (Å²) in [5.74, 6) is 0.0786. The molecule has 2 aliphatic rings.